The molecule has 2 unspecified atom stereocenters. The van der Waals surface area contributed by atoms with Crippen LogP contribution >= 0.6 is 34.3 Å². The summed E-state index contributed by atoms with van der Waals surface area (Å²) < 4.78 is 19.1. The second-order valence-corrected chi connectivity index (χ2v) is 12.2. The van der Waals surface area contributed by atoms with Gasteiger partial charge in [0, 0.05) is 65.5 Å². The molecule has 3 aromatic rings. The van der Waals surface area contributed by atoms with Gasteiger partial charge >= 0.3 is 18.0 Å². The Morgan fingerprint density at radius 2 is 2.11 bits per heavy atom. The van der Waals surface area contributed by atoms with Gasteiger partial charge in [-0.1, -0.05) is 17.7 Å². The number of ether oxygens (including phenoxy) is 1. The van der Waals surface area contributed by atoms with E-state index in [2.05, 4.69) is 20.2 Å². The van der Waals surface area contributed by atoms with Gasteiger partial charge in [-0.25, -0.2) is 28.7 Å². The van der Waals surface area contributed by atoms with E-state index in [4.69, 9.17) is 26.4 Å². The number of carbonyl (C=O) groups excluding carboxylic acids is 2. The van der Waals surface area contributed by atoms with Crippen molar-refractivity contribution in [1.82, 2.24) is 25.1 Å². The van der Waals surface area contributed by atoms with Crippen LogP contribution in [0, 0.1) is 5.82 Å². The molecule has 2 saturated heterocycles. The average Bonchev–Trinajstić information content (AvgIpc) is 3.76. The number of hydrogen-bond donors (Lipinski definition) is 2. The summed E-state index contributed by atoms with van der Waals surface area (Å²) in [5, 5.41) is 16.9. The lowest BCUT2D eigenvalue weighted by atomic mass is 9.95. The van der Waals surface area contributed by atoms with Crippen LogP contribution in [0.1, 0.15) is 22.3 Å². The van der Waals surface area contributed by atoms with Gasteiger partial charge in [0.15, 0.2) is 16.0 Å². The van der Waals surface area contributed by atoms with Crippen LogP contribution in [0.25, 0.3) is 6.08 Å². The zero-order valence-electron chi connectivity index (χ0n) is 23.1. The Bertz CT molecular complexity index is 1710. The van der Waals surface area contributed by atoms with E-state index in [0.717, 1.165) is 6.08 Å². The minimum Gasteiger partial charge on any atom is -0.478 e. The summed E-state index contributed by atoms with van der Waals surface area (Å²) in [5.41, 5.74) is 1.71. The molecule has 3 aliphatic heterocycles. The number of rotatable bonds is 8. The molecule has 0 radical (unpaired) electrons. The maximum atomic E-state index is 13.9. The molecule has 2 aromatic heterocycles. The number of carboxylic acid groups (broad SMARTS) is 1. The number of amidine groups is 1. The number of amides is 2. The fourth-order valence-corrected chi connectivity index (χ4v) is 7.05. The van der Waals surface area contributed by atoms with E-state index < -0.39 is 23.8 Å². The van der Waals surface area contributed by atoms with E-state index in [1.165, 1.54) is 54.1 Å². The molecule has 6 rings (SSSR count). The van der Waals surface area contributed by atoms with E-state index in [1.807, 2.05) is 5.38 Å². The lowest BCUT2D eigenvalue weighted by Crippen LogP contribution is -2.53. The van der Waals surface area contributed by atoms with Gasteiger partial charge in [-0.2, -0.15) is 0 Å². The number of carbonyl (C=O) groups is 3. The van der Waals surface area contributed by atoms with Gasteiger partial charge in [-0.05, 0) is 18.2 Å². The topological polar surface area (TPSA) is 141 Å². The Balaban J connectivity index is 1.26. The molecule has 1 aromatic carbocycles. The van der Waals surface area contributed by atoms with Gasteiger partial charge in [-0.15, -0.1) is 22.7 Å². The summed E-state index contributed by atoms with van der Waals surface area (Å²) in [6, 6.07) is 2.79. The first-order valence-electron chi connectivity index (χ1n) is 13.4. The molecule has 2 amide bonds. The zero-order chi connectivity index (χ0) is 31.0. The average molecular weight is 658 g/mol. The lowest BCUT2D eigenvalue weighted by molar-refractivity contribution is -0.136. The lowest BCUT2D eigenvalue weighted by Gasteiger charge is -2.38. The predicted octanol–water partition coefficient (Wildman–Crippen LogP) is 3.63. The fraction of sp³-hybridized carbons (Fsp3) is 0.286. The molecule has 0 spiro atoms. The molecule has 0 bridgehead atoms. The van der Waals surface area contributed by atoms with Crippen LogP contribution in [-0.4, -0.2) is 94.6 Å². The normalized spacial score (nSPS) is 20.6. The number of piperazine rings is 1. The van der Waals surface area contributed by atoms with Gasteiger partial charge in [0.25, 0.3) is 0 Å². The summed E-state index contributed by atoms with van der Waals surface area (Å²) >= 11 is 9.10. The Hall–Kier alpha value is -4.18. The van der Waals surface area contributed by atoms with Crippen molar-refractivity contribution in [3.63, 3.8) is 0 Å². The number of halogens is 2. The van der Waals surface area contributed by atoms with Crippen molar-refractivity contribution >= 4 is 69.3 Å². The highest BCUT2D eigenvalue weighted by molar-refractivity contribution is 7.14. The van der Waals surface area contributed by atoms with Gasteiger partial charge in [0.05, 0.1) is 31.0 Å². The Labute approximate surface area is 263 Å². The summed E-state index contributed by atoms with van der Waals surface area (Å²) in [6.45, 7) is 2.22. The second kappa shape index (κ2) is 12.4. The molecule has 44 heavy (non-hydrogen) atoms. The van der Waals surface area contributed by atoms with Crippen LogP contribution in [0.15, 0.2) is 57.5 Å². The summed E-state index contributed by atoms with van der Waals surface area (Å²) in [4.78, 5) is 56.5. The summed E-state index contributed by atoms with van der Waals surface area (Å²) in [7, 11) is 1.29. The maximum Gasteiger partial charge on any atom is 0.338 e. The van der Waals surface area contributed by atoms with Crippen molar-refractivity contribution in [2.75, 3.05) is 44.7 Å². The third-order valence-corrected chi connectivity index (χ3v) is 9.37. The van der Waals surface area contributed by atoms with Crippen molar-refractivity contribution < 1.29 is 28.6 Å². The smallest absolute Gasteiger partial charge is 0.338 e. The number of esters is 1. The van der Waals surface area contributed by atoms with Crippen LogP contribution in [0.3, 0.4) is 0 Å². The third-order valence-electron chi connectivity index (χ3n) is 7.38. The van der Waals surface area contributed by atoms with E-state index in [0.29, 0.717) is 65.7 Å². The molecule has 3 aliphatic rings. The van der Waals surface area contributed by atoms with Crippen molar-refractivity contribution in [1.29, 1.82) is 0 Å². The molecular formula is C28H25ClFN7O5S2. The van der Waals surface area contributed by atoms with Crippen molar-refractivity contribution in [3.05, 3.63) is 79.6 Å². The molecule has 228 valence electrons. The highest BCUT2D eigenvalue weighted by Crippen LogP contribution is 2.37. The first-order valence-corrected chi connectivity index (χ1v) is 15.5. The number of aliphatic carboxylic acids is 1. The molecule has 0 saturated carbocycles. The van der Waals surface area contributed by atoms with Crippen molar-refractivity contribution in [2.45, 2.75) is 12.1 Å². The van der Waals surface area contributed by atoms with Crippen LogP contribution in [0.5, 0.6) is 0 Å². The fourth-order valence-electron chi connectivity index (χ4n) is 5.40. The number of nitrogens with one attached hydrogen (secondary N) is 1. The molecule has 2 atom stereocenters. The number of hydrogen-bond acceptors (Lipinski definition) is 11. The minimum absolute atomic E-state index is 0.127. The van der Waals surface area contributed by atoms with Crippen molar-refractivity contribution in [3.8, 4) is 0 Å². The maximum absolute atomic E-state index is 13.9. The largest absolute Gasteiger partial charge is 0.478 e. The summed E-state index contributed by atoms with van der Waals surface area (Å²) in [5.74, 6) is -1.74. The number of carboxylic acids is 1. The van der Waals surface area contributed by atoms with Crippen LogP contribution in [0.4, 0.5) is 14.3 Å². The molecule has 2 fully saturated rings. The summed E-state index contributed by atoms with van der Waals surface area (Å²) in [6.07, 6.45) is 4.04. The van der Waals surface area contributed by atoms with Crippen LogP contribution in [-0.2, 0) is 14.3 Å². The van der Waals surface area contributed by atoms with Gasteiger partial charge in [0.2, 0.25) is 0 Å². The number of nitrogens with zero attached hydrogens (tertiary/aromatic N) is 6. The third kappa shape index (κ3) is 5.95. The van der Waals surface area contributed by atoms with Gasteiger partial charge in [-0.3, -0.25) is 14.8 Å². The van der Waals surface area contributed by atoms with E-state index in [9.17, 15) is 18.8 Å². The van der Waals surface area contributed by atoms with E-state index in [1.54, 1.807) is 21.4 Å². The molecule has 12 nitrogen and oxygen atoms in total. The monoisotopic (exact) mass is 657 g/mol. The van der Waals surface area contributed by atoms with E-state index in [-0.39, 0.29) is 22.7 Å². The van der Waals surface area contributed by atoms with Crippen LogP contribution in [0.2, 0.25) is 5.02 Å². The second-order valence-electron chi connectivity index (χ2n) is 10.1. The quantitative estimate of drug-likeness (QED) is 0.274. The molecule has 2 N–H and O–H groups in total. The Kier molecular flexibility index (Phi) is 8.44. The number of fused-ring (bicyclic) bond motifs is 1. The number of anilines is 1. The van der Waals surface area contributed by atoms with Gasteiger partial charge < -0.3 is 20.1 Å². The van der Waals surface area contributed by atoms with Crippen LogP contribution < -0.4 is 10.2 Å². The Morgan fingerprint density at radius 1 is 1.27 bits per heavy atom. The van der Waals surface area contributed by atoms with E-state index >= 15 is 0 Å². The number of benzene rings is 1. The predicted molar refractivity (Wildman–Crippen MR) is 163 cm³/mol. The number of aliphatic imine (C=N–C) groups is 1. The molecule has 16 heteroatoms. The number of aromatic nitrogens is 2. The number of thiazole rings is 2. The number of urea groups is 1. The first-order chi connectivity index (χ1) is 21.2. The van der Waals surface area contributed by atoms with Crippen molar-refractivity contribution in [2.24, 2.45) is 4.99 Å². The van der Waals surface area contributed by atoms with Gasteiger partial charge in [0.1, 0.15) is 11.9 Å². The highest BCUT2D eigenvalue weighted by atomic mass is 35.5. The SMILES string of the molecule is COC(=O)C1=C(CN2CCN3C(=O)N(c4nc(/C=C/C(=O)O)cs4)CC3C2)NC(c2nccs2)=NC1c1ccc(F)cc1Cl. The first kappa shape index (κ1) is 29.9. The molecular weight excluding hydrogens is 633 g/mol. The highest BCUT2D eigenvalue weighted by Gasteiger charge is 2.43. The number of methoxy groups -OCH3 is 1. The minimum atomic E-state index is -1.08. The molecule has 0 aliphatic carbocycles. The Morgan fingerprint density at radius 3 is 2.84 bits per heavy atom. The molecule has 5 heterocycles. The standard InChI is InChI=1S/C28H25ClFN7O5S2/c1-42-26(40)22-20(33-24(25-31-6-9-43-25)34-23(22)18-4-2-15(30)10-19(18)29)13-35-7-8-36-17(11-35)12-37(28(36)41)27-32-16(14-44-27)3-5-21(38)39/h2-6,9-10,14,17,23H,7-8,11-13H2,1H3,(H,33,34)(H,38,39)/b5-3+. The zero-order valence-corrected chi connectivity index (χ0v) is 25.5.